The van der Waals surface area contributed by atoms with Crippen molar-refractivity contribution in [2.45, 2.75) is 52.5 Å². The van der Waals surface area contributed by atoms with Crippen molar-refractivity contribution in [1.82, 2.24) is 4.98 Å². The van der Waals surface area contributed by atoms with E-state index in [0.29, 0.717) is 12.6 Å². The molecule has 1 aromatic rings. The lowest BCUT2D eigenvalue weighted by atomic mass is 9.78. The molecule has 1 aromatic heterocycles. The Balaban J connectivity index is 2.10. The summed E-state index contributed by atoms with van der Waals surface area (Å²) in [7, 11) is 0. The highest BCUT2D eigenvalue weighted by Crippen LogP contribution is 2.33. The molecule has 0 spiro atoms. The van der Waals surface area contributed by atoms with Crippen LogP contribution in [-0.4, -0.2) is 17.6 Å². The first kappa shape index (κ1) is 14.2. The summed E-state index contributed by atoms with van der Waals surface area (Å²) in [6.07, 6.45) is 7.07. The van der Waals surface area contributed by atoms with Crippen LogP contribution in [0.3, 0.4) is 0 Å². The Morgan fingerprint density at radius 3 is 2.89 bits per heavy atom. The molecule has 1 saturated carbocycles. The van der Waals surface area contributed by atoms with Gasteiger partial charge in [-0.25, -0.2) is 4.98 Å². The highest BCUT2D eigenvalue weighted by Gasteiger charge is 2.28. The average molecular weight is 262 g/mol. The predicted octanol–water partition coefficient (Wildman–Crippen LogP) is 4.11. The van der Waals surface area contributed by atoms with Gasteiger partial charge >= 0.3 is 0 Å². The summed E-state index contributed by atoms with van der Waals surface area (Å²) in [6, 6.07) is 4.60. The van der Waals surface area contributed by atoms with Gasteiger partial charge in [-0.2, -0.15) is 0 Å². The fourth-order valence-corrected chi connectivity index (χ4v) is 3.09. The number of nitrogens with one attached hydrogen (secondary N) is 1. The molecule has 2 rings (SSSR count). The van der Waals surface area contributed by atoms with Crippen LogP contribution in [0.2, 0.25) is 0 Å². The number of hydrogen-bond donors (Lipinski definition) is 1. The second-order valence-corrected chi connectivity index (χ2v) is 5.73. The first-order chi connectivity index (χ1) is 9.22. The van der Waals surface area contributed by atoms with Crippen LogP contribution in [0.15, 0.2) is 18.3 Å². The summed E-state index contributed by atoms with van der Waals surface area (Å²) in [6.45, 7) is 7.31. The smallest absolute Gasteiger partial charge is 0.237 e. The largest absolute Gasteiger partial charge is 0.476 e. The Hall–Kier alpha value is -1.25. The molecule has 2 unspecified atom stereocenters. The third-order valence-corrected chi connectivity index (χ3v) is 4.07. The van der Waals surface area contributed by atoms with E-state index in [2.05, 4.69) is 30.2 Å². The van der Waals surface area contributed by atoms with Gasteiger partial charge in [0, 0.05) is 12.2 Å². The summed E-state index contributed by atoms with van der Waals surface area (Å²) >= 11 is 0. The molecular formula is C16H26N2O. The molecule has 1 heterocycles. The molecule has 106 valence electrons. The maximum atomic E-state index is 5.60. The fourth-order valence-electron chi connectivity index (χ4n) is 3.09. The highest BCUT2D eigenvalue weighted by molar-refractivity contribution is 5.52. The SMILES string of the molecule is CCOc1ncccc1NC1CCCCC1C(C)C. The van der Waals surface area contributed by atoms with E-state index in [0.717, 1.165) is 23.4 Å². The third kappa shape index (κ3) is 3.62. The molecule has 0 bridgehead atoms. The van der Waals surface area contributed by atoms with Crippen LogP contribution in [0.5, 0.6) is 5.88 Å². The number of rotatable bonds is 5. The van der Waals surface area contributed by atoms with Gasteiger partial charge < -0.3 is 10.1 Å². The van der Waals surface area contributed by atoms with Gasteiger partial charge in [-0.05, 0) is 43.7 Å². The summed E-state index contributed by atoms with van der Waals surface area (Å²) in [5.41, 5.74) is 1.04. The average Bonchev–Trinajstić information content (AvgIpc) is 2.42. The zero-order valence-corrected chi connectivity index (χ0v) is 12.4. The molecule has 0 radical (unpaired) electrons. The van der Waals surface area contributed by atoms with E-state index in [-0.39, 0.29) is 0 Å². The molecule has 19 heavy (non-hydrogen) atoms. The number of pyridine rings is 1. The van der Waals surface area contributed by atoms with E-state index in [1.807, 2.05) is 13.0 Å². The minimum Gasteiger partial charge on any atom is -0.476 e. The van der Waals surface area contributed by atoms with E-state index in [1.165, 1.54) is 25.7 Å². The lowest BCUT2D eigenvalue weighted by Gasteiger charge is -2.35. The summed E-state index contributed by atoms with van der Waals surface area (Å²) in [5, 5.41) is 3.68. The van der Waals surface area contributed by atoms with Gasteiger partial charge in [-0.1, -0.05) is 26.7 Å². The molecule has 1 N–H and O–H groups in total. The van der Waals surface area contributed by atoms with Crippen molar-refractivity contribution in [2.75, 3.05) is 11.9 Å². The van der Waals surface area contributed by atoms with Gasteiger partial charge in [0.15, 0.2) is 0 Å². The summed E-state index contributed by atoms with van der Waals surface area (Å²) in [5.74, 6) is 2.21. The quantitative estimate of drug-likeness (QED) is 0.867. The van der Waals surface area contributed by atoms with Crippen LogP contribution >= 0.6 is 0 Å². The maximum absolute atomic E-state index is 5.60. The van der Waals surface area contributed by atoms with Gasteiger partial charge in [0.25, 0.3) is 0 Å². The van der Waals surface area contributed by atoms with Crippen molar-refractivity contribution in [3.63, 3.8) is 0 Å². The minimum absolute atomic E-state index is 0.553. The number of anilines is 1. The Kier molecular flexibility index (Phi) is 5.06. The van der Waals surface area contributed by atoms with Crippen LogP contribution < -0.4 is 10.1 Å². The van der Waals surface area contributed by atoms with Crippen molar-refractivity contribution >= 4 is 5.69 Å². The minimum atomic E-state index is 0.553. The van der Waals surface area contributed by atoms with Crippen molar-refractivity contribution in [2.24, 2.45) is 11.8 Å². The first-order valence-electron chi connectivity index (χ1n) is 7.56. The van der Waals surface area contributed by atoms with Gasteiger partial charge in [0.2, 0.25) is 5.88 Å². The van der Waals surface area contributed by atoms with E-state index < -0.39 is 0 Å². The zero-order valence-electron chi connectivity index (χ0n) is 12.4. The van der Waals surface area contributed by atoms with Gasteiger partial charge in [0.05, 0.1) is 12.3 Å². The molecule has 0 amide bonds. The maximum Gasteiger partial charge on any atom is 0.237 e. The zero-order chi connectivity index (χ0) is 13.7. The van der Waals surface area contributed by atoms with Crippen LogP contribution in [0, 0.1) is 11.8 Å². The van der Waals surface area contributed by atoms with E-state index in [4.69, 9.17) is 4.74 Å². The van der Waals surface area contributed by atoms with Gasteiger partial charge in [0.1, 0.15) is 0 Å². The highest BCUT2D eigenvalue weighted by atomic mass is 16.5. The summed E-state index contributed by atoms with van der Waals surface area (Å²) < 4.78 is 5.60. The number of hydrogen-bond acceptors (Lipinski definition) is 3. The van der Waals surface area contributed by atoms with Crippen LogP contribution in [-0.2, 0) is 0 Å². The molecule has 1 aliphatic rings. The number of aromatic nitrogens is 1. The van der Waals surface area contributed by atoms with Gasteiger partial charge in [-0.15, -0.1) is 0 Å². The molecule has 3 heteroatoms. The first-order valence-corrected chi connectivity index (χ1v) is 7.56. The van der Waals surface area contributed by atoms with E-state index in [1.54, 1.807) is 6.20 Å². The number of ether oxygens (including phenoxy) is 1. The molecule has 1 fully saturated rings. The van der Waals surface area contributed by atoms with Crippen LogP contribution in [0.25, 0.3) is 0 Å². The van der Waals surface area contributed by atoms with Crippen LogP contribution in [0.4, 0.5) is 5.69 Å². The Morgan fingerprint density at radius 2 is 2.16 bits per heavy atom. The van der Waals surface area contributed by atoms with Crippen molar-refractivity contribution in [1.29, 1.82) is 0 Å². The molecule has 0 saturated heterocycles. The van der Waals surface area contributed by atoms with Crippen LogP contribution in [0.1, 0.15) is 46.5 Å². The Labute approximate surface area is 116 Å². The van der Waals surface area contributed by atoms with E-state index in [9.17, 15) is 0 Å². The monoisotopic (exact) mass is 262 g/mol. The Morgan fingerprint density at radius 1 is 1.37 bits per heavy atom. The molecule has 2 atom stereocenters. The predicted molar refractivity (Wildman–Crippen MR) is 79.6 cm³/mol. The Bertz CT molecular complexity index is 392. The van der Waals surface area contributed by atoms with Crippen molar-refractivity contribution in [3.8, 4) is 5.88 Å². The fraction of sp³-hybridized carbons (Fsp3) is 0.688. The third-order valence-electron chi connectivity index (χ3n) is 4.07. The van der Waals surface area contributed by atoms with E-state index >= 15 is 0 Å². The molecule has 3 nitrogen and oxygen atoms in total. The summed E-state index contributed by atoms with van der Waals surface area (Å²) in [4.78, 5) is 4.32. The molecule has 0 aliphatic heterocycles. The normalized spacial score (nSPS) is 23.4. The lowest BCUT2D eigenvalue weighted by Crippen LogP contribution is -2.35. The molecule has 0 aromatic carbocycles. The molecule has 1 aliphatic carbocycles. The second kappa shape index (κ2) is 6.78. The second-order valence-electron chi connectivity index (χ2n) is 5.73. The van der Waals surface area contributed by atoms with Crippen molar-refractivity contribution in [3.05, 3.63) is 18.3 Å². The van der Waals surface area contributed by atoms with Crippen molar-refractivity contribution < 1.29 is 4.74 Å². The molecular weight excluding hydrogens is 236 g/mol. The number of nitrogens with zero attached hydrogens (tertiary/aromatic N) is 1. The lowest BCUT2D eigenvalue weighted by molar-refractivity contribution is 0.252. The topological polar surface area (TPSA) is 34.1 Å². The standard InChI is InChI=1S/C16H26N2O/c1-4-19-16-15(10-7-11-17-16)18-14-9-6-5-8-13(14)12(2)3/h7,10-14,18H,4-6,8-9H2,1-3H3. The van der Waals surface area contributed by atoms with Gasteiger partial charge in [-0.3, -0.25) is 0 Å².